The predicted molar refractivity (Wildman–Crippen MR) is 67.4 cm³/mol. The molecule has 3 N–H and O–H groups in total. The molecule has 0 saturated heterocycles. The summed E-state index contributed by atoms with van der Waals surface area (Å²) in [6, 6.07) is 2.55. The summed E-state index contributed by atoms with van der Waals surface area (Å²) in [6.45, 7) is 0.377. The van der Waals surface area contributed by atoms with E-state index in [0.29, 0.717) is 12.8 Å². The second-order valence-electron chi connectivity index (χ2n) is 3.61. The number of sulfonamides is 1. The summed E-state index contributed by atoms with van der Waals surface area (Å²) in [5.74, 6) is -1.13. The normalized spacial score (nSPS) is 11.6. The zero-order valence-corrected chi connectivity index (χ0v) is 11.3. The lowest BCUT2D eigenvalue weighted by Crippen LogP contribution is -2.24. The number of rotatable bonds is 8. The molecule has 0 aliphatic carbocycles. The number of thiophene rings is 1. The Bertz CT molecular complexity index is 494. The van der Waals surface area contributed by atoms with E-state index in [2.05, 4.69) is 4.72 Å². The number of unbranched alkanes of at least 4 members (excludes halogenated alkanes) is 2. The van der Waals surface area contributed by atoms with Crippen LogP contribution in [0.2, 0.25) is 0 Å². The molecular weight excluding hydrogens is 278 g/mol. The van der Waals surface area contributed by atoms with E-state index in [9.17, 15) is 13.2 Å². The van der Waals surface area contributed by atoms with Gasteiger partial charge < -0.3 is 10.2 Å². The second-order valence-corrected chi connectivity index (χ2v) is 6.68. The van der Waals surface area contributed by atoms with Crippen LogP contribution < -0.4 is 4.72 Å². The van der Waals surface area contributed by atoms with E-state index in [1.165, 1.54) is 12.1 Å². The molecule has 1 aromatic rings. The van der Waals surface area contributed by atoms with Gasteiger partial charge in [0.15, 0.2) is 0 Å². The van der Waals surface area contributed by atoms with Crippen molar-refractivity contribution < 1.29 is 23.4 Å². The smallest absolute Gasteiger partial charge is 0.345 e. The van der Waals surface area contributed by atoms with Crippen LogP contribution in [-0.2, 0) is 10.0 Å². The Morgan fingerprint density at radius 3 is 2.56 bits per heavy atom. The summed E-state index contributed by atoms with van der Waals surface area (Å²) in [7, 11) is -3.62. The number of aromatic carboxylic acids is 1. The first kappa shape index (κ1) is 15.1. The van der Waals surface area contributed by atoms with Crippen molar-refractivity contribution in [2.24, 2.45) is 0 Å². The van der Waals surface area contributed by atoms with Crippen LogP contribution in [0.4, 0.5) is 0 Å². The molecule has 0 radical (unpaired) electrons. The van der Waals surface area contributed by atoms with Gasteiger partial charge in [0.25, 0.3) is 0 Å². The molecule has 0 spiro atoms. The lowest BCUT2D eigenvalue weighted by Gasteiger charge is -2.03. The third-order valence-corrected chi connectivity index (χ3v) is 5.21. The average molecular weight is 293 g/mol. The maximum Gasteiger partial charge on any atom is 0.345 e. The number of carbonyl (C=O) groups is 1. The van der Waals surface area contributed by atoms with Crippen LogP contribution in [0.15, 0.2) is 16.3 Å². The minimum Gasteiger partial charge on any atom is -0.477 e. The van der Waals surface area contributed by atoms with Gasteiger partial charge in [-0.25, -0.2) is 17.9 Å². The summed E-state index contributed by atoms with van der Waals surface area (Å²) in [6.07, 6.45) is 2.02. The van der Waals surface area contributed by atoms with Crippen molar-refractivity contribution >= 4 is 27.3 Å². The Balaban J connectivity index is 2.54. The highest BCUT2D eigenvalue weighted by Gasteiger charge is 2.18. The first-order chi connectivity index (χ1) is 8.47. The highest BCUT2D eigenvalue weighted by atomic mass is 32.2. The van der Waals surface area contributed by atoms with Crippen LogP contribution >= 0.6 is 11.3 Å². The van der Waals surface area contributed by atoms with Crippen LogP contribution in [-0.4, -0.2) is 37.8 Å². The van der Waals surface area contributed by atoms with Gasteiger partial charge in [-0.2, -0.15) is 0 Å². The van der Waals surface area contributed by atoms with E-state index < -0.39 is 16.0 Å². The van der Waals surface area contributed by atoms with Crippen LogP contribution in [0, 0.1) is 0 Å². The van der Waals surface area contributed by atoms with Gasteiger partial charge in [0.05, 0.1) is 0 Å². The summed E-state index contributed by atoms with van der Waals surface area (Å²) in [5.41, 5.74) is 0. The first-order valence-corrected chi connectivity index (χ1v) is 7.71. The number of aliphatic hydroxyl groups is 1. The summed E-state index contributed by atoms with van der Waals surface area (Å²) < 4.78 is 25.9. The molecule has 18 heavy (non-hydrogen) atoms. The van der Waals surface area contributed by atoms with Crippen molar-refractivity contribution in [3.63, 3.8) is 0 Å². The fourth-order valence-corrected chi connectivity index (χ4v) is 3.53. The molecule has 0 bridgehead atoms. The Kier molecular flexibility index (Phi) is 5.73. The van der Waals surface area contributed by atoms with Gasteiger partial charge in [0.2, 0.25) is 10.0 Å². The zero-order chi connectivity index (χ0) is 13.6. The van der Waals surface area contributed by atoms with Crippen molar-refractivity contribution in [2.45, 2.75) is 23.5 Å². The highest BCUT2D eigenvalue weighted by molar-refractivity contribution is 7.91. The summed E-state index contributed by atoms with van der Waals surface area (Å²) in [4.78, 5) is 10.6. The van der Waals surface area contributed by atoms with E-state index in [4.69, 9.17) is 10.2 Å². The topological polar surface area (TPSA) is 104 Å². The summed E-state index contributed by atoms with van der Waals surface area (Å²) in [5, 5.41) is 17.3. The number of hydrogen-bond acceptors (Lipinski definition) is 5. The zero-order valence-electron chi connectivity index (χ0n) is 9.63. The van der Waals surface area contributed by atoms with E-state index >= 15 is 0 Å². The maximum absolute atomic E-state index is 11.8. The predicted octanol–water partition coefficient (Wildman–Crippen LogP) is 0.887. The van der Waals surface area contributed by atoms with Crippen molar-refractivity contribution in [1.29, 1.82) is 0 Å². The van der Waals surface area contributed by atoms with Gasteiger partial charge in [-0.05, 0) is 31.4 Å². The number of carboxylic acids is 1. The largest absolute Gasteiger partial charge is 0.477 e. The third kappa shape index (κ3) is 4.37. The quantitative estimate of drug-likeness (QED) is 0.617. The molecule has 0 aliphatic heterocycles. The summed E-state index contributed by atoms with van der Waals surface area (Å²) >= 11 is 0.726. The Morgan fingerprint density at radius 2 is 2.00 bits per heavy atom. The monoisotopic (exact) mass is 293 g/mol. The third-order valence-electron chi connectivity index (χ3n) is 2.18. The van der Waals surface area contributed by atoms with Crippen molar-refractivity contribution in [1.82, 2.24) is 4.72 Å². The maximum atomic E-state index is 11.8. The molecule has 0 atom stereocenters. The number of aliphatic hydroxyl groups excluding tert-OH is 1. The SMILES string of the molecule is O=C(O)c1ccc(S(=O)(=O)NCCCCCO)s1. The molecule has 1 rings (SSSR count). The second kappa shape index (κ2) is 6.83. The molecule has 1 aromatic heterocycles. The van der Waals surface area contributed by atoms with Crippen molar-refractivity contribution in [3.8, 4) is 0 Å². The molecule has 0 amide bonds. The molecule has 102 valence electrons. The lowest BCUT2D eigenvalue weighted by atomic mass is 10.2. The molecule has 8 heteroatoms. The molecule has 0 saturated carbocycles. The minimum atomic E-state index is -3.62. The number of carboxylic acid groups (broad SMARTS) is 1. The van der Waals surface area contributed by atoms with Crippen molar-refractivity contribution in [3.05, 3.63) is 17.0 Å². The van der Waals surface area contributed by atoms with E-state index in [-0.39, 0.29) is 22.2 Å². The molecule has 0 aromatic carbocycles. The van der Waals surface area contributed by atoms with E-state index in [1.807, 2.05) is 0 Å². The van der Waals surface area contributed by atoms with Crippen LogP contribution in [0.25, 0.3) is 0 Å². The molecule has 0 unspecified atom stereocenters. The van der Waals surface area contributed by atoms with Crippen LogP contribution in [0.3, 0.4) is 0 Å². The molecule has 1 heterocycles. The van der Waals surface area contributed by atoms with Crippen LogP contribution in [0.1, 0.15) is 28.9 Å². The van der Waals surface area contributed by atoms with E-state index in [0.717, 1.165) is 17.8 Å². The fraction of sp³-hybridized carbons (Fsp3) is 0.500. The average Bonchev–Trinajstić information content (AvgIpc) is 2.78. The molecule has 6 nitrogen and oxygen atoms in total. The standard InChI is InChI=1S/C10H15NO5S2/c12-7-3-1-2-6-11-18(15,16)9-5-4-8(17-9)10(13)14/h4-5,11-12H,1-3,6-7H2,(H,13,14). The highest BCUT2D eigenvalue weighted by Crippen LogP contribution is 2.21. The Morgan fingerprint density at radius 1 is 1.28 bits per heavy atom. The first-order valence-electron chi connectivity index (χ1n) is 5.41. The van der Waals surface area contributed by atoms with Gasteiger partial charge in [0, 0.05) is 13.2 Å². The Labute approximate surface area is 109 Å². The van der Waals surface area contributed by atoms with Gasteiger partial charge in [-0.1, -0.05) is 0 Å². The Hall–Kier alpha value is -0.960. The number of nitrogens with one attached hydrogen (secondary N) is 1. The molecule has 0 aliphatic rings. The van der Waals surface area contributed by atoms with Gasteiger partial charge in [-0.15, -0.1) is 11.3 Å². The van der Waals surface area contributed by atoms with Gasteiger partial charge in [0.1, 0.15) is 9.09 Å². The lowest BCUT2D eigenvalue weighted by molar-refractivity contribution is 0.0702. The van der Waals surface area contributed by atoms with Crippen molar-refractivity contribution in [2.75, 3.05) is 13.2 Å². The molecule has 0 fully saturated rings. The van der Waals surface area contributed by atoms with E-state index in [1.54, 1.807) is 0 Å². The molecular formula is C10H15NO5S2. The van der Waals surface area contributed by atoms with Gasteiger partial charge in [-0.3, -0.25) is 0 Å². The van der Waals surface area contributed by atoms with Gasteiger partial charge >= 0.3 is 5.97 Å². The fourth-order valence-electron chi connectivity index (χ4n) is 1.27. The van der Waals surface area contributed by atoms with Crippen LogP contribution in [0.5, 0.6) is 0 Å². The number of hydrogen-bond donors (Lipinski definition) is 3. The minimum absolute atomic E-state index is 0.00191.